The molecular formula is C14H15ClFN3. The van der Waals surface area contributed by atoms with Crippen molar-refractivity contribution in [1.29, 1.82) is 0 Å². The molecule has 0 saturated heterocycles. The molecule has 0 radical (unpaired) electrons. The summed E-state index contributed by atoms with van der Waals surface area (Å²) < 4.78 is 13.6. The van der Waals surface area contributed by atoms with Crippen molar-refractivity contribution >= 4 is 11.6 Å². The summed E-state index contributed by atoms with van der Waals surface area (Å²) in [7, 11) is 0. The van der Waals surface area contributed by atoms with Crippen LogP contribution in [0.15, 0.2) is 24.4 Å². The number of aromatic nitrogens is 2. The van der Waals surface area contributed by atoms with Gasteiger partial charge in [0.1, 0.15) is 5.82 Å². The van der Waals surface area contributed by atoms with Gasteiger partial charge in [0.15, 0.2) is 0 Å². The third kappa shape index (κ3) is 2.65. The minimum atomic E-state index is -0.224. The van der Waals surface area contributed by atoms with Crippen molar-refractivity contribution < 1.29 is 4.39 Å². The van der Waals surface area contributed by atoms with Gasteiger partial charge in [-0.25, -0.2) is 4.39 Å². The van der Waals surface area contributed by atoms with Crippen LogP contribution < -0.4 is 5.32 Å². The molecule has 0 amide bonds. The zero-order valence-corrected chi connectivity index (χ0v) is 11.2. The van der Waals surface area contributed by atoms with Gasteiger partial charge in [-0.2, -0.15) is 5.10 Å². The van der Waals surface area contributed by atoms with E-state index in [0.29, 0.717) is 17.1 Å². The standard InChI is InChI=1S/C14H15ClFN3/c15-11-4-5-12(16)10(6-11)7-17-13-3-1-2-9-8-18-19-14(9)13/h4-6,8,13,17H,1-3,7H2,(H,18,19)/t13-/m1/s1. The van der Waals surface area contributed by atoms with Crippen molar-refractivity contribution in [3.05, 3.63) is 52.1 Å². The summed E-state index contributed by atoms with van der Waals surface area (Å²) in [5.41, 5.74) is 2.99. The second kappa shape index (κ2) is 5.31. The van der Waals surface area contributed by atoms with Gasteiger partial charge in [-0.1, -0.05) is 11.6 Å². The largest absolute Gasteiger partial charge is 0.304 e. The number of H-pyrrole nitrogens is 1. The van der Waals surface area contributed by atoms with E-state index in [2.05, 4.69) is 15.5 Å². The summed E-state index contributed by atoms with van der Waals surface area (Å²) in [4.78, 5) is 0. The predicted octanol–water partition coefficient (Wildman–Crippen LogP) is 3.37. The smallest absolute Gasteiger partial charge is 0.127 e. The van der Waals surface area contributed by atoms with Crippen LogP contribution in [0.1, 0.15) is 35.7 Å². The van der Waals surface area contributed by atoms with Crippen LogP contribution >= 0.6 is 11.6 Å². The van der Waals surface area contributed by atoms with Gasteiger partial charge in [-0.3, -0.25) is 5.10 Å². The Balaban J connectivity index is 1.72. The van der Waals surface area contributed by atoms with Gasteiger partial charge in [-0.05, 0) is 43.0 Å². The van der Waals surface area contributed by atoms with E-state index in [1.165, 1.54) is 11.6 Å². The summed E-state index contributed by atoms with van der Waals surface area (Å²) >= 11 is 5.89. The highest BCUT2D eigenvalue weighted by Gasteiger charge is 2.21. The van der Waals surface area contributed by atoms with Gasteiger partial charge >= 0.3 is 0 Å². The van der Waals surface area contributed by atoms with Crippen LogP contribution in [0.4, 0.5) is 4.39 Å². The van der Waals surface area contributed by atoms with Crippen LogP contribution in [-0.4, -0.2) is 10.2 Å². The highest BCUT2D eigenvalue weighted by molar-refractivity contribution is 6.30. The number of rotatable bonds is 3. The van der Waals surface area contributed by atoms with Crippen molar-refractivity contribution in [2.75, 3.05) is 0 Å². The lowest BCUT2D eigenvalue weighted by atomic mass is 9.93. The number of fused-ring (bicyclic) bond motifs is 1. The van der Waals surface area contributed by atoms with Gasteiger partial charge in [0.2, 0.25) is 0 Å². The van der Waals surface area contributed by atoms with Gasteiger partial charge in [0.25, 0.3) is 0 Å². The van der Waals surface area contributed by atoms with E-state index in [-0.39, 0.29) is 11.9 Å². The number of nitrogens with zero attached hydrogens (tertiary/aromatic N) is 1. The second-order valence-electron chi connectivity index (χ2n) is 4.87. The zero-order valence-electron chi connectivity index (χ0n) is 10.4. The Hall–Kier alpha value is -1.39. The molecule has 0 unspecified atom stereocenters. The van der Waals surface area contributed by atoms with Crippen LogP contribution in [0.25, 0.3) is 0 Å². The zero-order chi connectivity index (χ0) is 13.2. The molecule has 0 saturated carbocycles. The summed E-state index contributed by atoms with van der Waals surface area (Å²) in [6.45, 7) is 0.468. The highest BCUT2D eigenvalue weighted by Crippen LogP contribution is 2.28. The van der Waals surface area contributed by atoms with Crippen molar-refractivity contribution in [1.82, 2.24) is 15.5 Å². The summed E-state index contributed by atoms with van der Waals surface area (Å²) in [5.74, 6) is -0.224. The molecule has 1 atom stereocenters. The van der Waals surface area contributed by atoms with E-state index in [4.69, 9.17) is 11.6 Å². The Labute approximate surface area is 116 Å². The monoisotopic (exact) mass is 279 g/mol. The van der Waals surface area contributed by atoms with Gasteiger partial charge in [-0.15, -0.1) is 0 Å². The van der Waals surface area contributed by atoms with E-state index in [1.54, 1.807) is 12.1 Å². The summed E-state index contributed by atoms with van der Waals surface area (Å²) in [6.07, 6.45) is 5.11. The molecule has 1 aromatic heterocycles. The molecule has 2 aromatic rings. The molecule has 1 heterocycles. The maximum absolute atomic E-state index is 13.6. The lowest BCUT2D eigenvalue weighted by Crippen LogP contribution is -2.25. The van der Waals surface area contributed by atoms with Crippen molar-refractivity contribution in [2.45, 2.75) is 31.8 Å². The molecule has 0 aliphatic heterocycles. The third-order valence-electron chi connectivity index (χ3n) is 3.59. The molecule has 0 fully saturated rings. The fourth-order valence-corrected chi connectivity index (χ4v) is 2.77. The number of hydrogen-bond donors (Lipinski definition) is 2. The first kappa shape index (κ1) is 12.6. The van der Waals surface area contributed by atoms with Crippen molar-refractivity contribution in [3.8, 4) is 0 Å². The van der Waals surface area contributed by atoms with Gasteiger partial charge in [0, 0.05) is 23.2 Å². The fraction of sp³-hybridized carbons (Fsp3) is 0.357. The molecule has 1 aliphatic rings. The molecule has 3 nitrogen and oxygen atoms in total. The van der Waals surface area contributed by atoms with E-state index >= 15 is 0 Å². The Morgan fingerprint density at radius 1 is 1.47 bits per heavy atom. The molecule has 1 aliphatic carbocycles. The number of aromatic amines is 1. The molecule has 2 N–H and O–H groups in total. The predicted molar refractivity (Wildman–Crippen MR) is 72.5 cm³/mol. The van der Waals surface area contributed by atoms with Crippen LogP contribution in [0, 0.1) is 5.82 Å². The Kier molecular flexibility index (Phi) is 3.53. The van der Waals surface area contributed by atoms with Gasteiger partial charge < -0.3 is 5.32 Å². The fourth-order valence-electron chi connectivity index (χ4n) is 2.58. The minimum absolute atomic E-state index is 0.213. The number of nitrogens with one attached hydrogen (secondary N) is 2. The first-order chi connectivity index (χ1) is 9.24. The SMILES string of the molecule is Fc1ccc(Cl)cc1CN[C@@H]1CCCc2cn[nH]c21. The molecule has 1 aromatic carbocycles. The van der Waals surface area contributed by atoms with Crippen molar-refractivity contribution in [2.24, 2.45) is 0 Å². The number of halogens is 2. The van der Waals surface area contributed by atoms with Crippen LogP contribution in [0.5, 0.6) is 0 Å². The molecule has 100 valence electrons. The number of aryl methyl sites for hydroxylation is 1. The lowest BCUT2D eigenvalue weighted by Gasteiger charge is -2.23. The molecule has 19 heavy (non-hydrogen) atoms. The second-order valence-corrected chi connectivity index (χ2v) is 5.31. The average Bonchev–Trinajstić information content (AvgIpc) is 2.88. The van der Waals surface area contributed by atoms with E-state index < -0.39 is 0 Å². The quantitative estimate of drug-likeness (QED) is 0.904. The van der Waals surface area contributed by atoms with E-state index in [0.717, 1.165) is 25.0 Å². The Morgan fingerprint density at radius 2 is 2.37 bits per heavy atom. The number of hydrogen-bond acceptors (Lipinski definition) is 2. The third-order valence-corrected chi connectivity index (χ3v) is 3.82. The topological polar surface area (TPSA) is 40.7 Å². The molecule has 0 bridgehead atoms. The Morgan fingerprint density at radius 3 is 3.26 bits per heavy atom. The van der Waals surface area contributed by atoms with Crippen LogP contribution in [0.3, 0.4) is 0 Å². The maximum Gasteiger partial charge on any atom is 0.127 e. The van der Waals surface area contributed by atoms with E-state index in [9.17, 15) is 4.39 Å². The van der Waals surface area contributed by atoms with Crippen LogP contribution in [-0.2, 0) is 13.0 Å². The summed E-state index contributed by atoms with van der Waals surface area (Å²) in [5, 5.41) is 11.1. The van der Waals surface area contributed by atoms with Crippen molar-refractivity contribution in [3.63, 3.8) is 0 Å². The first-order valence-corrected chi connectivity index (χ1v) is 6.81. The molecular weight excluding hydrogens is 265 g/mol. The van der Waals surface area contributed by atoms with Crippen LogP contribution in [0.2, 0.25) is 5.02 Å². The molecule has 3 rings (SSSR count). The first-order valence-electron chi connectivity index (χ1n) is 6.43. The Bertz CT molecular complexity index is 582. The summed E-state index contributed by atoms with van der Waals surface area (Å²) in [6, 6.07) is 4.85. The molecule has 5 heteroatoms. The maximum atomic E-state index is 13.6. The average molecular weight is 280 g/mol. The molecule has 0 spiro atoms. The highest BCUT2D eigenvalue weighted by atomic mass is 35.5. The lowest BCUT2D eigenvalue weighted by molar-refractivity contribution is 0.444. The number of benzene rings is 1. The van der Waals surface area contributed by atoms with Gasteiger partial charge in [0.05, 0.1) is 11.9 Å². The normalized spacial score (nSPS) is 18.3. The van der Waals surface area contributed by atoms with E-state index in [1.807, 2.05) is 6.20 Å². The minimum Gasteiger partial charge on any atom is -0.304 e.